The number of methoxy groups -OCH3 is 1. The van der Waals surface area contributed by atoms with Gasteiger partial charge in [-0.2, -0.15) is 5.10 Å². The zero-order valence-corrected chi connectivity index (χ0v) is 14.0. The van der Waals surface area contributed by atoms with Gasteiger partial charge in [-0.15, -0.1) is 0 Å². The fourth-order valence-electron chi connectivity index (χ4n) is 3.38. The lowest BCUT2D eigenvalue weighted by atomic mass is 9.92. The van der Waals surface area contributed by atoms with E-state index in [0.29, 0.717) is 24.1 Å². The fourth-order valence-corrected chi connectivity index (χ4v) is 3.38. The predicted molar refractivity (Wildman–Crippen MR) is 88.2 cm³/mol. The number of aryl methyl sites for hydroxylation is 1. The Hall–Kier alpha value is -2.21. The van der Waals surface area contributed by atoms with Gasteiger partial charge in [-0.1, -0.05) is 18.2 Å². The van der Waals surface area contributed by atoms with E-state index in [1.807, 2.05) is 6.07 Å². The summed E-state index contributed by atoms with van der Waals surface area (Å²) in [4.78, 5) is 14.7. The lowest BCUT2D eigenvalue weighted by molar-refractivity contribution is -0.0119. The Morgan fingerprint density at radius 3 is 2.88 bits per heavy atom. The normalized spacial score (nSPS) is 21.0. The Kier molecular flexibility index (Phi) is 4.94. The first kappa shape index (κ1) is 16.6. The summed E-state index contributed by atoms with van der Waals surface area (Å²) in [7, 11) is 3.43. The Labute approximate surface area is 141 Å². The van der Waals surface area contributed by atoms with Gasteiger partial charge in [-0.3, -0.25) is 9.48 Å². The van der Waals surface area contributed by atoms with Crippen LogP contribution >= 0.6 is 0 Å². The number of likely N-dealkylation sites (tertiary alicyclic amines) is 1. The molecule has 2 aromatic rings. The minimum Gasteiger partial charge on any atom is -0.379 e. The van der Waals surface area contributed by atoms with Crippen LogP contribution in [0.1, 0.15) is 28.8 Å². The van der Waals surface area contributed by atoms with Gasteiger partial charge in [-0.05, 0) is 30.9 Å². The molecule has 6 heteroatoms. The third-order valence-electron chi connectivity index (χ3n) is 4.62. The van der Waals surface area contributed by atoms with E-state index in [4.69, 9.17) is 4.74 Å². The smallest absolute Gasteiger partial charge is 0.257 e. The second-order valence-electron chi connectivity index (χ2n) is 6.18. The summed E-state index contributed by atoms with van der Waals surface area (Å²) in [5, 5.41) is 4.07. The van der Waals surface area contributed by atoms with E-state index >= 15 is 0 Å². The minimum atomic E-state index is -0.244. The highest BCUT2D eigenvalue weighted by Gasteiger charge is 2.35. The quantitative estimate of drug-likeness (QED) is 0.864. The number of carbonyl (C=O) groups is 1. The van der Waals surface area contributed by atoms with Crippen LogP contribution in [0.4, 0.5) is 4.39 Å². The second kappa shape index (κ2) is 7.13. The first-order valence-electron chi connectivity index (χ1n) is 8.16. The number of hydrogen-bond acceptors (Lipinski definition) is 3. The molecular weight excluding hydrogens is 309 g/mol. The Bertz CT molecular complexity index is 716. The molecule has 0 N–H and O–H groups in total. The molecule has 1 aliphatic rings. The molecule has 1 aliphatic heterocycles. The van der Waals surface area contributed by atoms with Gasteiger partial charge in [0.25, 0.3) is 5.91 Å². The van der Waals surface area contributed by atoms with E-state index in [0.717, 1.165) is 12.8 Å². The van der Waals surface area contributed by atoms with E-state index in [2.05, 4.69) is 5.10 Å². The van der Waals surface area contributed by atoms with Gasteiger partial charge in [0.15, 0.2) is 0 Å². The van der Waals surface area contributed by atoms with Gasteiger partial charge in [-0.25, -0.2) is 4.39 Å². The van der Waals surface area contributed by atoms with Gasteiger partial charge >= 0.3 is 0 Å². The molecule has 5 nitrogen and oxygen atoms in total. The molecule has 3 rings (SSSR count). The molecule has 2 heterocycles. The molecule has 2 atom stereocenters. The van der Waals surface area contributed by atoms with Crippen molar-refractivity contribution < 1.29 is 13.9 Å². The van der Waals surface area contributed by atoms with Crippen LogP contribution in [0.2, 0.25) is 0 Å². The first-order chi connectivity index (χ1) is 11.6. The summed E-state index contributed by atoms with van der Waals surface area (Å²) in [6.45, 7) is 0.646. The number of rotatable bonds is 4. The topological polar surface area (TPSA) is 47.4 Å². The van der Waals surface area contributed by atoms with Crippen LogP contribution in [0.3, 0.4) is 0 Å². The molecule has 1 fully saturated rings. The van der Waals surface area contributed by atoms with Crippen LogP contribution in [-0.2, 0) is 18.2 Å². The van der Waals surface area contributed by atoms with E-state index in [1.54, 1.807) is 48.3 Å². The molecule has 1 saturated heterocycles. The summed E-state index contributed by atoms with van der Waals surface area (Å²) >= 11 is 0. The number of aromatic nitrogens is 2. The monoisotopic (exact) mass is 331 g/mol. The molecule has 1 aromatic heterocycles. The molecule has 0 radical (unpaired) electrons. The van der Waals surface area contributed by atoms with E-state index < -0.39 is 0 Å². The van der Waals surface area contributed by atoms with Crippen molar-refractivity contribution in [3.63, 3.8) is 0 Å². The van der Waals surface area contributed by atoms with Crippen molar-refractivity contribution in [2.24, 2.45) is 7.05 Å². The second-order valence-corrected chi connectivity index (χ2v) is 6.18. The minimum absolute atomic E-state index is 0.0776. The van der Waals surface area contributed by atoms with E-state index in [9.17, 15) is 9.18 Å². The molecule has 0 bridgehead atoms. The van der Waals surface area contributed by atoms with Crippen molar-refractivity contribution in [2.45, 2.75) is 31.4 Å². The van der Waals surface area contributed by atoms with Crippen molar-refractivity contribution in [1.29, 1.82) is 0 Å². The van der Waals surface area contributed by atoms with Crippen LogP contribution in [0.15, 0.2) is 36.7 Å². The number of nitrogens with zero attached hydrogens (tertiary/aromatic N) is 3. The van der Waals surface area contributed by atoms with Crippen molar-refractivity contribution in [3.8, 4) is 0 Å². The van der Waals surface area contributed by atoms with Crippen molar-refractivity contribution >= 4 is 5.91 Å². The zero-order chi connectivity index (χ0) is 17.1. The summed E-state index contributed by atoms with van der Waals surface area (Å²) in [5.74, 6) is -0.321. The molecule has 0 aliphatic carbocycles. The number of halogens is 1. The number of carbonyl (C=O) groups excluding carboxylic acids is 1. The number of benzene rings is 1. The Morgan fingerprint density at radius 1 is 1.42 bits per heavy atom. The molecule has 1 aromatic carbocycles. The van der Waals surface area contributed by atoms with Gasteiger partial charge < -0.3 is 9.64 Å². The molecule has 0 spiro atoms. The Morgan fingerprint density at radius 2 is 2.21 bits per heavy atom. The van der Waals surface area contributed by atoms with Gasteiger partial charge in [0, 0.05) is 26.9 Å². The third kappa shape index (κ3) is 3.33. The highest BCUT2D eigenvalue weighted by Crippen LogP contribution is 2.26. The lowest BCUT2D eigenvalue weighted by Crippen LogP contribution is -2.52. The average molecular weight is 331 g/mol. The lowest BCUT2D eigenvalue weighted by Gasteiger charge is -2.40. The highest BCUT2D eigenvalue weighted by molar-refractivity contribution is 5.94. The van der Waals surface area contributed by atoms with Crippen LogP contribution in [-0.4, -0.2) is 46.4 Å². The van der Waals surface area contributed by atoms with E-state index in [1.165, 1.54) is 6.07 Å². The number of amides is 1. The largest absolute Gasteiger partial charge is 0.379 e. The fraction of sp³-hybridized carbons (Fsp3) is 0.444. The molecule has 1 amide bonds. The van der Waals surface area contributed by atoms with Crippen molar-refractivity contribution in [1.82, 2.24) is 14.7 Å². The zero-order valence-electron chi connectivity index (χ0n) is 14.0. The van der Waals surface area contributed by atoms with Crippen LogP contribution in [0, 0.1) is 5.82 Å². The standard InChI is InChI=1S/C18H22FN3O2/c1-21-12-14(11-20-21)18(23)22-9-5-8-17(24-2)16(22)10-13-6-3-4-7-15(13)19/h3-4,6-7,11-12,16-17H,5,8-10H2,1-2H3/t16-,17-/m0/s1. The summed E-state index contributed by atoms with van der Waals surface area (Å²) in [6.07, 6.45) is 5.36. The average Bonchev–Trinajstić information content (AvgIpc) is 3.03. The highest BCUT2D eigenvalue weighted by atomic mass is 19.1. The number of hydrogen-bond donors (Lipinski definition) is 0. The van der Waals surface area contributed by atoms with Gasteiger partial charge in [0.2, 0.25) is 0 Å². The van der Waals surface area contributed by atoms with Crippen LogP contribution in [0.5, 0.6) is 0 Å². The summed E-state index contributed by atoms with van der Waals surface area (Å²) in [6, 6.07) is 6.52. The van der Waals surface area contributed by atoms with Crippen LogP contribution < -0.4 is 0 Å². The molecule has 0 saturated carbocycles. The maximum absolute atomic E-state index is 14.1. The van der Waals surface area contributed by atoms with Crippen LogP contribution in [0.25, 0.3) is 0 Å². The van der Waals surface area contributed by atoms with Crippen molar-refractivity contribution in [2.75, 3.05) is 13.7 Å². The third-order valence-corrected chi connectivity index (χ3v) is 4.62. The molecule has 0 unspecified atom stereocenters. The summed E-state index contributed by atoms with van der Waals surface area (Å²) in [5.41, 5.74) is 1.16. The Balaban J connectivity index is 1.87. The van der Waals surface area contributed by atoms with Gasteiger partial charge in [0.05, 0.1) is 23.9 Å². The van der Waals surface area contributed by atoms with E-state index in [-0.39, 0.29) is 23.9 Å². The number of piperidine rings is 1. The molecule has 128 valence electrons. The first-order valence-corrected chi connectivity index (χ1v) is 8.16. The predicted octanol–water partition coefficient (Wildman–Crippen LogP) is 2.42. The maximum Gasteiger partial charge on any atom is 0.257 e. The number of ether oxygens (including phenoxy) is 1. The van der Waals surface area contributed by atoms with Crippen molar-refractivity contribution in [3.05, 3.63) is 53.6 Å². The van der Waals surface area contributed by atoms with Gasteiger partial charge in [0.1, 0.15) is 5.82 Å². The SMILES string of the molecule is CO[C@H]1CCCN(C(=O)c2cnn(C)c2)[C@H]1Cc1ccccc1F. The molecular formula is C18H22FN3O2. The summed E-state index contributed by atoms with van der Waals surface area (Å²) < 4.78 is 21.3. The molecule has 24 heavy (non-hydrogen) atoms. The maximum atomic E-state index is 14.1.